The fourth-order valence-electron chi connectivity index (χ4n) is 1.33. The number of amides is 1. The van der Waals surface area contributed by atoms with Crippen molar-refractivity contribution in [3.8, 4) is 0 Å². The van der Waals surface area contributed by atoms with E-state index in [2.05, 4.69) is 25.4 Å². The van der Waals surface area contributed by atoms with Crippen LogP contribution in [0.5, 0.6) is 0 Å². The molecule has 0 aliphatic carbocycles. The van der Waals surface area contributed by atoms with Gasteiger partial charge in [0, 0.05) is 0 Å². The zero-order valence-corrected chi connectivity index (χ0v) is 8.88. The lowest BCUT2D eigenvalue weighted by atomic mass is 10.1. The molecule has 0 saturated heterocycles. The Kier molecular flexibility index (Phi) is 3.31. The fourth-order valence-corrected chi connectivity index (χ4v) is 1.33. The number of hydrogen-bond donors (Lipinski definition) is 3. The average Bonchev–Trinajstić information content (AvgIpc) is 2.89. The number of benzene rings is 1. The van der Waals surface area contributed by atoms with Gasteiger partial charge in [-0.25, -0.2) is 0 Å². The van der Waals surface area contributed by atoms with Gasteiger partial charge < -0.3 is 15.3 Å². The first kappa shape index (κ1) is 11.1. The minimum atomic E-state index is -0.261. The van der Waals surface area contributed by atoms with Crippen molar-refractivity contribution < 1.29 is 9.32 Å². The molecule has 17 heavy (non-hydrogen) atoms. The minimum Gasteiger partial charge on any atom is -0.345 e. The van der Waals surface area contributed by atoms with E-state index in [-0.39, 0.29) is 12.5 Å². The molecule has 4 N–H and O–H groups in total. The molecular weight excluding hydrogens is 222 g/mol. The van der Waals surface area contributed by atoms with E-state index in [4.69, 9.17) is 5.84 Å². The lowest BCUT2D eigenvalue weighted by molar-refractivity contribution is 0.0950. The van der Waals surface area contributed by atoms with Gasteiger partial charge in [0.2, 0.25) is 6.39 Å². The number of nitrogens with one attached hydrogen (secondary N) is 2. The number of para-hydroxylation sites is 1. The number of nitrogens with zero attached hydrogens (tertiary/aromatic N) is 2. The monoisotopic (exact) mass is 233 g/mol. The van der Waals surface area contributed by atoms with Crippen molar-refractivity contribution in [1.82, 2.24) is 15.5 Å². The Morgan fingerprint density at radius 1 is 1.41 bits per heavy atom. The molecule has 0 aliphatic rings. The van der Waals surface area contributed by atoms with Gasteiger partial charge in [0.15, 0.2) is 5.82 Å². The van der Waals surface area contributed by atoms with Crippen LogP contribution in [0.3, 0.4) is 0 Å². The highest BCUT2D eigenvalue weighted by Crippen LogP contribution is 2.13. The normalized spacial score (nSPS) is 9.94. The maximum absolute atomic E-state index is 11.8. The third-order valence-electron chi connectivity index (χ3n) is 2.14. The number of nitrogen functional groups attached to an aromatic ring is 1. The molecule has 2 aromatic rings. The van der Waals surface area contributed by atoms with Gasteiger partial charge in [-0.2, -0.15) is 4.98 Å². The standard InChI is InChI=1S/C10H11N5O2/c11-14-8-4-2-1-3-7(8)10(16)12-5-9-13-6-17-15-9/h1-4,6,14H,5,11H2,(H,12,16). The molecule has 0 spiro atoms. The second-order valence-corrected chi connectivity index (χ2v) is 3.22. The molecule has 1 amide bonds. The topological polar surface area (TPSA) is 106 Å². The van der Waals surface area contributed by atoms with E-state index in [9.17, 15) is 4.79 Å². The van der Waals surface area contributed by atoms with Crippen LogP contribution >= 0.6 is 0 Å². The summed E-state index contributed by atoms with van der Waals surface area (Å²) in [7, 11) is 0. The molecule has 88 valence electrons. The number of anilines is 1. The molecule has 0 radical (unpaired) electrons. The van der Waals surface area contributed by atoms with Gasteiger partial charge in [0.05, 0.1) is 17.8 Å². The summed E-state index contributed by atoms with van der Waals surface area (Å²) in [4.78, 5) is 15.6. The summed E-state index contributed by atoms with van der Waals surface area (Å²) in [5, 5.41) is 6.24. The first-order chi connectivity index (χ1) is 8.31. The third kappa shape index (κ3) is 2.58. The van der Waals surface area contributed by atoms with Crippen molar-refractivity contribution >= 4 is 11.6 Å². The van der Waals surface area contributed by atoms with Crippen LogP contribution in [0, 0.1) is 0 Å². The largest absolute Gasteiger partial charge is 0.345 e. The quantitative estimate of drug-likeness (QED) is 0.517. The van der Waals surface area contributed by atoms with Gasteiger partial charge in [-0.1, -0.05) is 17.3 Å². The summed E-state index contributed by atoms with van der Waals surface area (Å²) in [6, 6.07) is 6.92. The fraction of sp³-hybridized carbons (Fsp3) is 0.100. The van der Waals surface area contributed by atoms with Crippen molar-refractivity contribution in [3.05, 3.63) is 42.0 Å². The van der Waals surface area contributed by atoms with Gasteiger partial charge in [0.25, 0.3) is 5.91 Å². The first-order valence-corrected chi connectivity index (χ1v) is 4.90. The molecule has 0 bridgehead atoms. The molecule has 7 nitrogen and oxygen atoms in total. The van der Waals surface area contributed by atoms with Gasteiger partial charge in [-0.3, -0.25) is 10.6 Å². The summed E-state index contributed by atoms with van der Waals surface area (Å²) in [5.41, 5.74) is 3.47. The summed E-state index contributed by atoms with van der Waals surface area (Å²) < 4.78 is 4.55. The number of rotatable bonds is 4. The van der Waals surface area contributed by atoms with Crippen LogP contribution < -0.4 is 16.6 Å². The molecule has 0 aliphatic heterocycles. The van der Waals surface area contributed by atoms with E-state index in [1.54, 1.807) is 24.3 Å². The Bertz CT molecular complexity index is 497. The van der Waals surface area contributed by atoms with E-state index in [1.807, 2.05) is 0 Å². The van der Waals surface area contributed by atoms with Crippen molar-refractivity contribution in [1.29, 1.82) is 0 Å². The Morgan fingerprint density at radius 3 is 2.94 bits per heavy atom. The molecule has 0 atom stereocenters. The van der Waals surface area contributed by atoms with Crippen LogP contribution in [0.2, 0.25) is 0 Å². The third-order valence-corrected chi connectivity index (χ3v) is 2.14. The van der Waals surface area contributed by atoms with E-state index < -0.39 is 0 Å². The molecule has 0 fully saturated rings. The number of nitrogens with two attached hydrogens (primary N) is 1. The van der Waals surface area contributed by atoms with Gasteiger partial charge >= 0.3 is 0 Å². The second kappa shape index (κ2) is 5.08. The molecule has 2 rings (SSSR count). The highest BCUT2D eigenvalue weighted by Gasteiger charge is 2.10. The average molecular weight is 233 g/mol. The van der Waals surface area contributed by atoms with Crippen LogP contribution in [0.4, 0.5) is 5.69 Å². The van der Waals surface area contributed by atoms with E-state index >= 15 is 0 Å². The maximum atomic E-state index is 11.8. The van der Waals surface area contributed by atoms with Crippen molar-refractivity contribution in [2.75, 3.05) is 5.43 Å². The number of carbonyl (C=O) groups is 1. The predicted octanol–water partition coefficient (Wildman–Crippen LogP) is 0.285. The molecule has 7 heteroatoms. The van der Waals surface area contributed by atoms with Crippen LogP contribution in [-0.4, -0.2) is 16.0 Å². The Morgan fingerprint density at radius 2 is 2.24 bits per heavy atom. The lowest BCUT2D eigenvalue weighted by Gasteiger charge is -2.07. The van der Waals surface area contributed by atoms with E-state index in [1.165, 1.54) is 6.39 Å². The first-order valence-electron chi connectivity index (χ1n) is 4.90. The highest BCUT2D eigenvalue weighted by atomic mass is 16.5. The number of hydrazine groups is 1. The Balaban J connectivity index is 2.04. The molecule has 1 aromatic heterocycles. The number of hydrogen-bond acceptors (Lipinski definition) is 6. The van der Waals surface area contributed by atoms with Crippen LogP contribution in [-0.2, 0) is 6.54 Å². The lowest BCUT2D eigenvalue weighted by Crippen LogP contribution is -2.25. The maximum Gasteiger partial charge on any atom is 0.253 e. The molecule has 1 heterocycles. The van der Waals surface area contributed by atoms with Gasteiger partial charge in [-0.05, 0) is 12.1 Å². The van der Waals surface area contributed by atoms with Gasteiger partial charge in [-0.15, -0.1) is 0 Å². The number of carbonyl (C=O) groups excluding carboxylic acids is 1. The summed E-state index contributed by atoms with van der Waals surface area (Å²) >= 11 is 0. The molecule has 0 saturated carbocycles. The number of aromatic nitrogens is 2. The van der Waals surface area contributed by atoms with E-state index in [0.29, 0.717) is 17.1 Å². The zero-order chi connectivity index (χ0) is 12.1. The summed E-state index contributed by atoms with van der Waals surface area (Å²) in [6.45, 7) is 0.203. The SMILES string of the molecule is NNc1ccccc1C(=O)NCc1ncon1. The van der Waals surface area contributed by atoms with Crippen molar-refractivity contribution in [2.45, 2.75) is 6.54 Å². The Labute approximate surface area is 97.0 Å². The zero-order valence-electron chi connectivity index (χ0n) is 8.88. The van der Waals surface area contributed by atoms with Crippen LogP contribution in [0.25, 0.3) is 0 Å². The van der Waals surface area contributed by atoms with Gasteiger partial charge in [0.1, 0.15) is 0 Å². The van der Waals surface area contributed by atoms with Crippen LogP contribution in [0.15, 0.2) is 35.2 Å². The smallest absolute Gasteiger partial charge is 0.253 e. The van der Waals surface area contributed by atoms with Crippen molar-refractivity contribution in [2.24, 2.45) is 5.84 Å². The molecule has 0 unspecified atom stereocenters. The molecule has 1 aromatic carbocycles. The molecular formula is C10H11N5O2. The van der Waals surface area contributed by atoms with Crippen LogP contribution in [0.1, 0.15) is 16.2 Å². The second-order valence-electron chi connectivity index (χ2n) is 3.22. The predicted molar refractivity (Wildman–Crippen MR) is 59.7 cm³/mol. The van der Waals surface area contributed by atoms with E-state index in [0.717, 1.165) is 0 Å². The minimum absolute atomic E-state index is 0.203. The summed E-state index contributed by atoms with van der Waals surface area (Å²) in [6.07, 6.45) is 1.21. The van der Waals surface area contributed by atoms with Crippen molar-refractivity contribution in [3.63, 3.8) is 0 Å². The summed E-state index contributed by atoms with van der Waals surface area (Å²) in [5.74, 6) is 5.46. The highest BCUT2D eigenvalue weighted by molar-refractivity contribution is 5.99. The Hall–Kier alpha value is -2.41.